The number of esters is 1. The third-order valence-corrected chi connectivity index (χ3v) is 3.38. The van der Waals surface area contributed by atoms with E-state index in [-0.39, 0.29) is 11.4 Å². The topological polar surface area (TPSA) is 35.5 Å². The molecule has 0 N–H and O–H groups in total. The Morgan fingerprint density at radius 1 is 1.16 bits per heavy atom. The molecule has 3 nitrogen and oxygen atoms in total. The molecule has 1 rings (SSSR count). The second-order valence-corrected chi connectivity index (χ2v) is 5.30. The van der Waals surface area contributed by atoms with Gasteiger partial charge < -0.3 is 9.47 Å². The van der Waals surface area contributed by atoms with Crippen molar-refractivity contribution < 1.29 is 14.3 Å². The average molecular weight is 264 g/mol. The molecule has 0 aromatic heterocycles. The Morgan fingerprint density at radius 2 is 1.79 bits per heavy atom. The van der Waals surface area contributed by atoms with E-state index in [9.17, 15) is 4.79 Å². The average Bonchev–Trinajstić information content (AvgIpc) is 2.38. The van der Waals surface area contributed by atoms with Crippen molar-refractivity contribution in [3.63, 3.8) is 0 Å². The van der Waals surface area contributed by atoms with Crippen molar-refractivity contribution in [1.82, 2.24) is 0 Å². The monoisotopic (exact) mass is 264 g/mol. The van der Waals surface area contributed by atoms with Gasteiger partial charge in [0, 0.05) is 13.3 Å². The molecule has 0 aliphatic carbocycles. The summed E-state index contributed by atoms with van der Waals surface area (Å²) in [5.74, 6) is 0.615. The summed E-state index contributed by atoms with van der Waals surface area (Å²) in [5.41, 5.74) is 1.52. The van der Waals surface area contributed by atoms with Crippen molar-refractivity contribution in [3.05, 3.63) is 29.8 Å². The molecule has 0 amide bonds. The Kier molecular flexibility index (Phi) is 5.87. The molecule has 1 aromatic carbocycles. The van der Waals surface area contributed by atoms with Crippen molar-refractivity contribution >= 4 is 5.97 Å². The maximum absolute atomic E-state index is 10.6. The molecule has 0 saturated carbocycles. The van der Waals surface area contributed by atoms with Crippen LogP contribution in [0.25, 0.3) is 0 Å². The maximum atomic E-state index is 10.6. The molecule has 0 saturated heterocycles. The number of carbonyl (C=O) groups excluding carboxylic acids is 1. The van der Waals surface area contributed by atoms with E-state index in [0.717, 1.165) is 12.2 Å². The number of carbonyl (C=O) groups is 1. The van der Waals surface area contributed by atoms with Gasteiger partial charge in [-0.15, -0.1) is 0 Å². The zero-order valence-electron chi connectivity index (χ0n) is 12.4. The lowest BCUT2D eigenvalue weighted by Crippen LogP contribution is -2.15. The summed E-state index contributed by atoms with van der Waals surface area (Å²) in [5, 5.41) is 0. The highest BCUT2D eigenvalue weighted by Crippen LogP contribution is 2.27. The molecule has 0 aliphatic rings. The summed E-state index contributed by atoms with van der Waals surface area (Å²) < 4.78 is 10.4. The van der Waals surface area contributed by atoms with Crippen molar-refractivity contribution in [2.75, 3.05) is 13.2 Å². The highest BCUT2D eigenvalue weighted by atomic mass is 16.5. The maximum Gasteiger partial charge on any atom is 0.302 e. The molecule has 19 heavy (non-hydrogen) atoms. The van der Waals surface area contributed by atoms with Crippen LogP contribution in [0, 0.1) is 0 Å². The first kappa shape index (κ1) is 15.5. The summed E-state index contributed by atoms with van der Waals surface area (Å²) in [6.45, 7) is 9.05. The molecule has 1 aromatic rings. The SMILES string of the molecule is CCC(C)(C)c1ccc(OCCCOC(C)=O)cc1. The van der Waals surface area contributed by atoms with Crippen LogP contribution in [0.4, 0.5) is 0 Å². The van der Waals surface area contributed by atoms with Crippen LogP contribution < -0.4 is 4.74 Å². The van der Waals surface area contributed by atoms with Gasteiger partial charge in [-0.1, -0.05) is 32.9 Å². The van der Waals surface area contributed by atoms with Gasteiger partial charge in [0.2, 0.25) is 0 Å². The van der Waals surface area contributed by atoms with Gasteiger partial charge in [0.15, 0.2) is 0 Å². The first-order chi connectivity index (χ1) is 8.95. The summed E-state index contributed by atoms with van der Waals surface area (Å²) >= 11 is 0. The van der Waals surface area contributed by atoms with E-state index in [1.54, 1.807) is 0 Å². The molecular formula is C16H24O3. The third-order valence-electron chi connectivity index (χ3n) is 3.38. The largest absolute Gasteiger partial charge is 0.493 e. The highest BCUT2D eigenvalue weighted by Gasteiger charge is 2.17. The molecule has 0 aliphatic heterocycles. The van der Waals surface area contributed by atoms with Gasteiger partial charge in [0.25, 0.3) is 0 Å². The predicted molar refractivity (Wildman–Crippen MR) is 76.5 cm³/mol. The van der Waals surface area contributed by atoms with Gasteiger partial charge in [-0.3, -0.25) is 4.79 Å². The zero-order chi connectivity index (χ0) is 14.3. The molecule has 0 heterocycles. The fourth-order valence-electron chi connectivity index (χ4n) is 1.67. The Bertz CT molecular complexity index is 393. The minimum Gasteiger partial charge on any atom is -0.493 e. The lowest BCUT2D eigenvalue weighted by atomic mass is 9.82. The first-order valence-corrected chi connectivity index (χ1v) is 6.82. The predicted octanol–water partition coefficient (Wildman–Crippen LogP) is 3.71. The molecule has 0 fully saturated rings. The Hall–Kier alpha value is -1.51. The quantitative estimate of drug-likeness (QED) is 0.556. The van der Waals surface area contributed by atoms with Crippen LogP contribution in [-0.2, 0) is 14.9 Å². The molecule has 0 atom stereocenters. The molecule has 106 valence electrons. The fraction of sp³-hybridized carbons (Fsp3) is 0.562. The van der Waals surface area contributed by atoms with Gasteiger partial charge in [0.05, 0.1) is 13.2 Å². The van der Waals surface area contributed by atoms with Crippen LogP contribution in [0.15, 0.2) is 24.3 Å². The minimum atomic E-state index is -0.244. The summed E-state index contributed by atoms with van der Waals surface area (Å²) in [4.78, 5) is 10.6. The summed E-state index contributed by atoms with van der Waals surface area (Å²) in [7, 11) is 0. The lowest BCUT2D eigenvalue weighted by molar-refractivity contribution is -0.141. The van der Waals surface area contributed by atoms with Gasteiger partial charge >= 0.3 is 5.97 Å². The van der Waals surface area contributed by atoms with E-state index in [0.29, 0.717) is 19.6 Å². The van der Waals surface area contributed by atoms with E-state index in [1.165, 1.54) is 12.5 Å². The molecule has 0 radical (unpaired) electrons. The third kappa shape index (κ3) is 5.33. The Balaban J connectivity index is 2.38. The molecule has 0 unspecified atom stereocenters. The van der Waals surface area contributed by atoms with Crippen molar-refractivity contribution in [2.45, 2.75) is 46.0 Å². The van der Waals surface area contributed by atoms with Crippen LogP contribution in [0.3, 0.4) is 0 Å². The van der Waals surface area contributed by atoms with Crippen LogP contribution in [0.2, 0.25) is 0 Å². The minimum absolute atomic E-state index is 0.202. The van der Waals surface area contributed by atoms with Gasteiger partial charge in [0.1, 0.15) is 5.75 Å². The number of rotatable bonds is 7. The van der Waals surface area contributed by atoms with E-state index < -0.39 is 0 Å². The van der Waals surface area contributed by atoms with E-state index in [2.05, 4.69) is 32.9 Å². The Morgan fingerprint density at radius 3 is 2.32 bits per heavy atom. The molecule has 3 heteroatoms. The van der Waals surface area contributed by atoms with Gasteiger partial charge in [-0.05, 0) is 29.5 Å². The van der Waals surface area contributed by atoms with Crippen LogP contribution in [-0.4, -0.2) is 19.2 Å². The molecule has 0 bridgehead atoms. The number of hydrogen-bond acceptors (Lipinski definition) is 3. The second-order valence-electron chi connectivity index (χ2n) is 5.30. The molecular weight excluding hydrogens is 240 g/mol. The lowest BCUT2D eigenvalue weighted by Gasteiger charge is -2.23. The first-order valence-electron chi connectivity index (χ1n) is 6.82. The zero-order valence-corrected chi connectivity index (χ0v) is 12.4. The smallest absolute Gasteiger partial charge is 0.302 e. The highest BCUT2D eigenvalue weighted by molar-refractivity contribution is 5.65. The standard InChI is InChI=1S/C16H24O3/c1-5-16(3,4)14-7-9-15(10-8-14)19-12-6-11-18-13(2)17/h7-10H,5-6,11-12H2,1-4H3. The van der Waals surface area contributed by atoms with Crippen molar-refractivity contribution in [1.29, 1.82) is 0 Å². The number of ether oxygens (including phenoxy) is 2. The van der Waals surface area contributed by atoms with E-state index >= 15 is 0 Å². The summed E-state index contributed by atoms with van der Waals surface area (Å²) in [6, 6.07) is 8.23. The van der Waals surface area contributed by atoms with Gasteiger partial charge in [-0.2, -0.15) is 0 Å². The van der Waals surface area contributed by atoms with Crippen molar-refractivity contribution in [3.8, 4) is 5.75 Å². The van der Waals surface area contributed by atoms with Crippen LogP contribution in [0.1, 0.15) is 46.1 Å². The van der Waals surface area contributed by atoms with Crippen LogP contribution in [0.5, 0.6) is 5.75 Å². The summed E-state index contributed by atoms with van der Waals surface area (Å²) in [6.07, 6.45) is 1.82. The van der Waals surface area contributed by atoms with Crippen molar-refractivity contribution in [2.24, 2.45) is 0 Å². The van der Waals surface area contributed by atoms with Gasteiger partial charge in [-0.25, -0.2) is 0 Å². The normalized spacial score (nSPS) is 11.2. The number of benzene rings is 1. The van der Waals surface area contributed by atoms with E-state index in [4.69, 9.17) is 9.47 Å². The molecule has 0 spiro atoms. The van der Waals surface area contributed by atoms with E-state index in [1.807, 2.05) is 12.1 Å². The Labute approximate surface area is 115 Å². The fourth-order valence-corrected chi connectivity index (χ4v) is 1.67. The second kappa shape index (κ2) is 7.17. The van der Waals surface area contributed by atoms with Crippen LogP contribution >= 0.6 is 0 Å². The number of hydrogen-bond donors (Lipinski definition) is 0.